The number of imidazole rings is 1. The van der Waals surface area contributed by atoms with E-state index in [1.54, 1.807) is 0 Å². The number of rotatable bonds is 5. The number of aromatic nitrogens is 2. The Bertz CT molecular complexity index is 700. The monoisotopic (exact) mass is 329 g/mol. The van der Waals surface area contributed by atoms with Gasteiger partial charge in [0.2, 0.25) is 11.9 Å². The minimum atomic E-state index is 0.123. The number of fused-ring (bicyclic) bond motifs is 1. The number of para-hydroxylation sites is 2. The van der Waals surface area contributed by atoms with Crippen molar-refractivity contribution in [1.82, 2.24) is 19.8 Å². The maximum absolute atomic E-state index is 12.3. The van der Waals surface area contributed by atoms with Crippen molar-refractivity contribution < 1.29 is 4.79 Å². The molecule has 1 aromatic carbocycles. The van der Waals surface area contributed by atoms with Gasteiger partial charge in [0.05, 0.1) is 11.0 Å². The number of piperidine rings is 1. The Morgan fingerprint density at radius 1 is 1.29 bits per heavy atom. The SMILES string of the molecule is CN(C)CCNC(=O)C1CCN(c2nc3ccccc3n2C)CC1. The van der Waals surface area contributed by atoms with E-state index >= 15 is 0 Å². The summed E-state index contributed by atoms with van der Waals surface area (Å²) in [5, 5.41) is 3.05. The average molecular weight is 329 g/mol. The quantitative estimate of drug-likeness (QED) is 0.902. The molecule has 1 fully saturated rings. The molecule has 0 spiro atoms. The topological polar surface area (TPSA) is 53.4 Å². The molecule has 0 aliphatic carbocycles. The third-order valence-corrected chi connectivity index (χ3v) is 4.77. The highest BCUT2D eigenvalue weighted by atomic mass is 16.1. The Morgan fingerprint density at radius 3 is 2.67 bits per heavy atom. The molecule has 0 unspecified atom stereocenters. The zero-order chi connectivity index (χ0) is 17.1. The summed E-state index contributed by atoms with van der Waals surface area (Å²) in [6.45, 7) is 3.35. The number of carbonyl (C=O) groups is 1. The van der Waals surface area contributed by atoms with Crippen molar-refractivity contribution in [3.63, 3.8) is 0 Å². The number of benzene rings is 1. The Kier molecular flexibility index (Phi) is 5.04. The van der Waals surface area contributed by atoms with E-state index in [0.29, 0.717) is 0 Å². The van der Waals surface area contributed by atoms with Crippen LogP contribution in [0.1, 0.15) is 12.8 Å². The van der Waals surface area contributed by atoms with E-state index in [4.69, 9.17) is 4.98 Å². The van der Waals surface area contributed by atoms with Crippen LogP contribution in [0.15, 0.2) is 24.3 Å². The van der Waals surface area contributed by atoms with Crippen molar-refractivity contribution in [2.75, 3.05) is 45.2 Å². The van der Waals surface area contributed by atoms with Crippen LogP contribution < -0.4 is 10.2 Å². The Labute approximate surface area is 143 Å². The average Bonchev–Trinajstić information content (AvgIpc) is 2.92. The van der Waals surface area contributed by atoms with E-state index in [2.05, 4.69) is 32.8 Å². The van der Waals surface area contributed by atoms with Gasteiger partial charge in [0, 0.05) is 39.1 Å². The van der Waals surface area contributed by atoms with Gasteiger partial charge in [-0.2, -0.15) is 0 Å². The van der Waals surface area contributed by atoms with E-state index in [1.165, 1.54) is 0 Å². The second-order valence-corrected chi connectivity index (χ2v) is 6.82. The molecule has 2 heterocycles. The summed E-state index contributed by atoms with van der Waals surface area (Å²) >= 11 is 0. The van der Waals surface area contributed by atoms with Gasteiger partial charge in [-0.05, 0) is 39.1 Å². The van der Waals surface area contributed by atoms with Gasteiger partial charge in [-0.25, -0.2) is 4.98 Å². The first kappa shape index (κ1) is 16.8. The second kappa shape index (κ2) is 7.21. The molecule has 1 aromatic heterocycles. The molecular weight excluding hydrogens is 302 g/mol. The zero-order valence-corrected chi connectivity index (χ0v) is 14.8. The molecule has 2 aromatic rings. The van der Waals surface area contributed by atoms with Crippen LogP contribution in [0.25, 0.3) is 11.0 Å². The number of likely N-dealkylation sites (N-methyl/N-ethyl adjacent to an activating group) is 1. The molecule has 0 bridgehead atoms. The second-order valence-electron chi connectivity index (χ2n) is 6.82. The molecule has 0 atom stereocenters. The van der Waals surface area contributed by atoms with Crippen LogP contribution in [-0.2, 0) is 11.8 Å². The fraction of sp³-hybridized carbons (Fsp3) is 0.556. The van der Waals surface area contributed by atoms with Gasteiger partial charge < -0.3 is 19.7 Å². The first-order chi connectivity index (χ1) is 11.6. The molecule has 0 saturated carbocycles. The fourth-order valence-corrected chi connectivity index (χ4v) is 3.30. The van der Waals surface area contributed by atoms with Gasteiger partial charge in [-0.3, -0.25) is 4.79 Å². The van der Waals surface area contributed by atoms with Gasteiger partial charge in [-0.15, -0.1) is 0 Å². The maximum Gasteiger partial charge on any atom is 0.223 e. The van der Waals surface area contributed by atoms with Gasteiger partial charge in [0.1, 0.15) is 0 Å². The molecule has 6 nitrogen and oxygen atoms in total. The van der Waals surface area contributed by atoms with Crippen LogP contribution in [0.2, 0.25) is 0 Å². The number of nitrogens with zero attached hydrogens (tertiary/aromatic N) is 4. The van der Waals surface area contributed by atoms with Crippen molar-refractivity contribution in [3.05, 3.63) is 24.3 Å². The number of hydrogen-bond acceptors (Lipinski definition) is 4. The van der Waals surface area contributed by atoms with E-state index < -0.39 is 0 Å². The normalized spacial score (nSPS) is 16.1. The predicted octanol–water partition coefficient (Wildman–Crippen LogP) is 1.47. The van der Waals surface area contributed by atoms with E-state index in [0.717, 1.165) is 56.0 Å². The largest absolute Gasteiger partial charge is 0.355 e. The van der Waals surface area contributed by atoms with Gasteiger partial charge in [0.25, 0.3) is 0 Å². The first-order valence-corrected chi connectivity index (χ1v) is 8.65. The van der Waals surface area contributed by atoms with E-state index in [1.807, 2.05) is 32.3 Å². The minimum Gasteiger partial charge on any atom is -0.355 e. The van der Waals surface area contributed by atoms with Gasteiger partial charge >= 0.3 is 0 Å². The summed E-state index contributed by atoms with van der Waals surface area (Å²) in [5.74, 6) is 1.32. The number of carbonyl (C=O) groups excluding carboxylic acids is 1. The summed E-state index contributed by atoms with van der Waals surface area (Å²) in [6.07, 6.45) is 1.77. The van der Waals surface area contributed by atoms with Gasteiger partial charge in [-0.1, -0.05) is 12.1 Å². The third kappa shape index (κ3) is 3.53. The van der Waals surface area contributed by atoms with Crippen molar-refractivity contribution in [2.24, 2.45) is 13.0 Å². The first-order valence-electron chi connectivity index (χ1n) is 8.65. The summed E-state index contributed by atoms with van der Waals surface area (Å²) in [5.41, 5.74) is 2.18. The van der Waals surface area contributed by atoms with Crippen LogP contribution in [0.5, 0.6) is 0 Å². The van der Waals surface area contributed by atoms with E-state index in [9.17, 15) is 4.79 Å². The molecule has 1 aliphatic heterocycles. The molecular formula is C18H27N5O. The third-order valence-electron chi connectivity index (χ3n) is 4.77. The molecule has 1 saturated heterocycles. The lowest BCUT2D eigenvalue weighted by atomic mass is 9.96. The highest BCUT2D eigenvalue weighted by Gasteiger charge is 2.26. The summed E-state index contributed by atoms with van der Waals surface area (Å²) in [6, 6.07) is 8.20. The van der Waals surface area contributed by atoms with Crippen molar-refractivity contribution in [2.45, 2.75) is 12.8 Å². The van der Waals surface area contributed by atoms with Gasteiger partial charge in [0.15, 0.2) is 0 Å². The molecule has 130 valence electrons. The number of anilines is 1. The van der Waals surface area contributed by atoms with Crippen molar-refractivity contribution in [3.8, 4) is 0 Å². The van der Waals surface area contributed by atoms with Crippen molar-refractivity contribution >= 4 is 22.9 Å². The molecule has 6 heteroatoms. The highest BCUT2D eigenvalue weighted by Crippen LogP contribution is 2.25. The summed E-state index contributed by atoms with van der Waals surface area (Å²) < 4.78 is 2.15. The number of nitrogens with one attached hydrogen (secondary N) is 1. The lowest BCUT2D eigenvalue weighted by Gasteiger charge is -2.32. The van der Waals surface area contributed by atoms with Crippen LogP contribution in [0.3, 0.4) is 0 Å². The molecule has 0 radical (unpaired) electrons. The number of amides is 1. The molecule has 1 aliphatic rings. The standard InChI is InChI=1S/C18H27N5O/c1-21(2)13-10-19-17(24)14-8-11-23(12-9-14)18-20-15-6-4-5-7-16(15)22(18)3/h4-7,14H,8-13H2,1-3H3,(H,19,24). The lowest BCUT2D eigenvalue weighted by molar-refractivity contribution is -0.125. The molecule has 1 N–H and O–H groups in total. The minimum absolute atomic E-state index is 0.123. The smallest absolute Gasteiger partial charge is 0.223 e. The Balaban J connectivity index is 1.58. The lowest BCUT2D eigenvalue weighted by Crippen LogP contribution is -2.42. The predicted molar refractivity (Wildman–Crippen MR) is 97.2 cm³/mol. The summed E-state index contributed by atoms with van der Waals surface area (Å²) in [4.78, 5) is 21.4. The molecule has 1 amide bonds. The fourth-order valence-electron chi connectivity index (χ4n) is 3.30. The zero-order valence-electron chi connectivity index (χ0n) is 14.8. The van der Waals surface area contributed by atoms with Crippen LogP contribution in [0, 0.1) is 5.92 Å². The highest BCUT2D eigenvalue weighted by molar-refractivity contribution is 5.80. The molecule has 3 rings (SSSR count). The Morgan fingerprint density at radius 2 is 2.00 bits per heavy atom. The molecule has 24 heavy (non-hydrogen) atoms. The van der Waals surface area contributed by atoms with Crippen molar-refractivity contribution in [1.29, 1.82) is 0 Å². The van der Waals surface area contributed by atoms with Crippen LogP contribution in [-0.4, -0.2) is 60.6 Å². The Hall–Kier alpha value is -2.08. The van der Waals surface area contributed by atoms with E-state index in [-0.39, 0.29) is 11.8 Å². The van der Waals surface area contributed by atoms with Crippen LogP contribution in [0.4, 0.5) is 5.95 Å². The maximum atomic E-state index is 12.3. The van der Waals surface area contributed by atoms with Crippen LogP contribution >= 0.6 is 0 Å². The number of hydrogen-bond donors (Lipinski definition) is 1. The number of aryl methyl sites for hydroxylation is 1. The summed E-state index contributed by atoms with van der Waals surface area (Å²) in [7, 11) is 6.09.